The lowest BCUT2D eigenvalue weighted by Gasteiger charge is -2.44. The number of nitrogens with zero attached hydrogens (tertiary/aromatic N) is 1. The SMILES string of the molecule is CC1CCN(C2CC(C(C)(C)C)CCC2N)C1. The minimum absolute atomic E-state index is 0.416. The third-order valence-electron chi connectivity index (χ3n) is 5.02. The van der Waals surface area contributed by atoms with Crippen molar-refractivity contribution in [2.45, 2.75) is 65.5 Å². The summed E-state index contributed by atoms with van der Waals surface area (Å²) < 4.78 is 0. The molecule has 2 aliphatic rings. The van der Waals surface area contributed by atoms with E-state index >= 15 is 0 Å². The zero-order valence-electron chi connectivity index (χ0n) is 12.1. The molecule has 2 fully saturated rings. The lowest BCUT2D eigenvalue weighted by Crippen LogP contribution is -2.51. The van der Waals surface area contributed by atoms with E-state index in [1.165, 1.54) is 38.8 Å². The van der Waals surface area contributed by atoms with E-state index < -0.39 is 0 Å². The molecule has 0 aromatic carbocycles. The van der Waals surface area contributed by atoms with E-state index in [4.69, 9.17) is 5.73 Å². The van der Waals surface area contributed by atoms with E-state index in [-0.39, 0.29) is 0 Å². The second-order valence-corrected chi connectivity index (χ2v) is 7.50. The minimum atomic E-state index is 0.416. The molecule has 0 aromatic rings. The first-order valence-corrected chi connectivity index (χ1v) is 7.37. The molecule has 2 heteroatoms. The van der Waals surface area contributed by atoms with E-state index in [9.17, 15) is 0 Å². The molecule has 0 aromatic heterocycles. The van der Waals surface area contributed by atoms with Gasteiger partial charge < -0.3 is 5.73 Å². The van der Waals surface area contributed by atoms with Crippen molar-refractivity contribution in [3.8, 4) is 0 Å². The van der Waals surface area contributed by atoms with Crippen LogP contribution in [0.2, 0.25) is 0 Å². The maximum Gasteiger partial charge on any atom is 0.0250 e. The Morgan fingerprint density at radius 2 is 1.82 bits per heavy atom. The third kappa shape index (κ3) is 3.03. The quantitative estimate of drug-likeness (QED) is 0.761. The van der Waals surface area contributed by atoms with Crippen LogP contribution in [0.3, 0.4) is 0 Å². The summed E-state index contributed by atoms with van der Waals surface area (Å²) in [5.41, 5.74) is 6.82. The molecule has 2 nitrogen and oxygen atoms in total. The smallest absolute Gasteiger partial charge is 0.0250 e. The molecule has 0 spiro atoms. The van der Waals surface area contributed by atoms with Gasteiger partial charge in [0.05, 0.1) is 0 Å². The van der Waals surface area contributed by atoms with Crippen molar-refractivity contribution >= 4 is 0 Å². The van der Waals surface area contributed by atoms with E-state index in [1.807, 2.05) is 0 Å². The highest BCUT2D eigenvalue weighted by molar-refractivity contribution is 4.94. The van der Waals surface area contributed by atoms with E-state index in [0.717, 1.165) is 11.8 Å². The third-order valence-corrected chi connectivity index (χ3v) is 5.02. The number of hydrogen-bond acceptors (Lipinski definition) is 2. The van der Waals surface area contributed by atoms with Gasteiger partial charge in [-0.3, -0.25) is 4.90 Å². The number of hydrogen-bond donors (Lipinski definition) is 1. The zero-order chi connectivity index (χ0) is 12.6. The van der Waals surface area contributed by atoms with Gasteiger partial charge in [-0.2, -0.15) is 0 Å². The van der Waals surface area contributed by atoms with Gasteiger partial charge in [0.2, 0.25) is 0 Å². The van der Waals surface area contributed by atoms with Crippen molar-refractivity contribution < 1.29 is 0 Å². The van der Waals surface area contributed by atoms with Gasteiger partial charge in [0.1, 0.15) is 0 Å². The summed E-state index contributed by atoms with van der Waals surface area (Å²) in [6.45, 7) is 12.1. The van der Waals surface area contributed by atoms with Crippen LogP contribution < -0.4 is 5.73 Å². The summed E-state index contributed by atoms with van der Waals surface area (Å²) in [5, 5.41) is 0. The number of nitrogens with two attached hydrogens (primary N) is 1. The first-order valence-electron chi connectivity index (χ1n) is 7.37. The van der Waals surface area contributed by atoms with Crippen molar-refractivity contribution in [2.75, 3.05) is 13.1 Å². The molecule has 2 N–H and O–H groups in total. The Kier molecular flexibility index (Phi) is 3.84. The lowest BCUT2D eigenvalue weighted by molar-refractivity contribution is 0.0815. The maximum atomic E-state index is 6.37. The summed E-state index contributed by atoms with van der Waals surface area (Å²) >= 11 is 0. The fourth-order valence-corrected chi connectivity index (χ4v) is 3.65. The fourth-order valence-electron chi connectivity index (χ4n) is 3.65. The summed E-state index contributed by atoms with van der Waals surface area (Å²) in [7, 11) is 0. The Balaban J connectivity index is 2.00. The molecule has 1 heterocycles. The van der Waals surface area contributed by atoms with Crippen molar-refractivity contribution in [3.05, 3.63) is 0 Å². The molecule has 2 rings (SSSR count). The van der Waals surface area contributed by atoms with E-state index in [2.05, 4.69) is 32.6 Å². The van der Waals surface area contributed by atoms with Crippen LogP contribution in [0.4, 0.5) is 0 Å². The first kappa shape index (κ1) is 13.4. The van der Waals surface area contributed by atoms with Crippen LogP contribution >= 0.6 is 0 Å². The van der Waals surface area contributed by atoms with Crippen LogP contribution in [0.25, 0.3) is 0 Å². The molecule has 0 radical (unpaired) electrons. The van der Waals surface area contributed by atoms with Crippen LogP contribution in [0.15, 0.2) is 0 Å². The molecule has 0 bridgehead atoms. The molecule has 1 saturated heterocycles. The van der Waals surface area contributed by atoms with Crippen molar-refractivity contribution in [2.24, 2.45) is 23.0 Å². The Hall–Kier alpha value is -0.0800. The Morgan fingerprint density at radius 3 is 2.35 bits per heavy atom. The van der Waals surface area contributed by atoms with Gasteiger partial charge in [0.25, 0.3) is 0 Å². The molecule has 0 amide bonds. The highest BCUT2D eigenvalue weighted by Gasteiger charge is 2.38. The van der Waals surface area contributed by atoms with Crippen molar-refractivity contribution in [3.63, 3.8) is 0 Å². The van der Waals surface area contributed by atoms with Crippen molar-refractivity contribution in [1.29, 1.82) is 0 Å². The Labute approximate surface area is 107 Å². The Morgan fingerprint density at radius 1 is 1.12 bits per heavy atom. The second kappa shape index (κ2) is 4.89. The van der Waals surface area contributed by atoms with Crippen LogP contribution in [0.1, 0.15) is 53.4 Å². The highest BCUT2D eigenvalue weighted by atomic mass is 15.2. The summed E-state index contributed by atoms with van der Waals surface area (Å²) in [6, 6.07) is 1.07. The predicted octanol–water partition coefficient (Wildman–Crippen LogP) is 2.87. The standard InChI is InChI=1S/C15H30N2/c1-11-7-8-17(10-11)14-9-12(15(2,3)4)5-6-13(14)16/h11-14H,5-10,16H2,1-4H3. The van der Waals surface area contributed by atoms with Gasteiger partial charge in [-0.15, -0.1) is 0 Å². The average Bonchev–Trinajstić information content (AvgIpc) is 2.63. The van der Waals surface area contributed by atoms with Crippen LogP contribution in [-0.2, 0) is 0 Å². The van der Waals surface area contributed by atoms with Crippen molar-refractivity contribution in [1.82, 2.24) is 4.90 Å². The highest BCUT2D eigenvalue weighted by Crippen LogP contribution is 2.39. The lowest BCUT2D eigenvalue weighted by atomic mass is 9.69. The molecule has 17 heavy (non-hydrogen) atoms. The molecular formula is C15H30N2. The molecular weight excluding hydrogens is 208 g/mol. The molecule has 1 saturated carbocycles. The Bertz CT molecular complexity index is 256. The summed E-state index contributed by atoms with van der Waals surface area (Å²) in [4.78, 5) is 2.67. The molecule has 4 atom stereocenters. The van der Waals surface area contributed by atoms with Gasteiger partial charge >= 0.3 is 0 Å². The maximum absolute atomic E-state index is 6.37. The topological polar surface area (TPSA) is 29.3 Å². The number of rotatable bonds is 1. The van der Waals surface area contributed by atoms with Gasteiger partial charge in [0, 0.05) is 18.6 Å². The molecule has 1 aliphatic heterocycles. The molecule has 4 unspecified atom stereocenters. The average molecular weight is 238 g/mol. The van der Waals surface area contributed by atoms with Gasteiger partial charge in [-0.25, -0.2) is 0 Å². The van der Waals surface area contributed by atoms with Gasteiger partial charge in [0.15, 0.2) is 0 Å². The molecule has 1 aliphatic carbocycles. The van der Waals surface area contributed by atoms with E-state index in [1.54, 1.807) is 0 Å². The normalized spacial score (nSPS) is 40.8. The molecule has 100 valence electrons. The van der Waals surface area contributed by atoms with Gasteiger partial charge in [-0.05, 0) is 49.5 Å². The van der Waals surface area contributed by atoms with Gasteiger partial charge in [-0.1, -0.05) is 27.7 Å². The minimum Gasteiger partial charge on any atom is -0.326 e. The predicted molar refractivity (Wildman–Crippen MR) is 73.9 cm³/mol. The zero-order valence-corrected chi connectivity index (χ0v) is 12.1. The van der Waals surface area contributed by atoms with Crippen LogP contribution in [0, 0.1) is 17.3 Å². The summed E-state index contributed by atoms with van der Waals surface area (Å²) in [6.07, 6.45) is 5.23. The second-order valence-electron chi connectivity index (χ2n) is 7.50. The van der Waals surface area contributed by atoms with Crippen LogP contribution in [-0.4, -0.2) is 30.1 Å². The fraction of sp³-hybridized carbons (Fsp3) is 1.00. The number of likely N-dealkylation sites (tertiary alicyclic amines) is 1. The first-order chi connectivity index (χ1) is 7.88. The largest absolute Gasteiger partial charge is 0.326 e. The summed E-state index contributed by atoms with van der Waals surface area (Å²) in [5.74, 6) is 1.72. The van der Waals surface area contributed by atoms with E-state index in [0.29, 0.717) is 17.5 Å². The monoisotopic (exact) mass is 238 g/mol. The van der Waals surface area contributed by atoms with Crippen LogP contribution in [0.5, 0.6) is 0 Å².